The van der Waals surface area contributed by atoms with E-state index in [1.807, 2.05) is 30.3 Å². The number of H-pyrrole nitrogens is 1. The number of aromatic amines is 1. The summed E-state index contributed by atoms with van der Waals surface area (Å²) in [5.74, 6) is 0.505. The van der Waals surface area contributed by atoms with E-state index in [0.29, 0.717) is 17.2 Å². The summed E-state index contributed by atoms with van der Waals surface area (Å²) in [5.41, 5.74) is 2.69. The molecule has 1 N–H and O–H groups in total. The van der Waals surface area contributed by atoms with Crippen LogP contribution < -0.4 is 0 Å². The molecule has 3 rings (SSSR count). The van der Waals surface area contributed by atoms with Crippen LogP contribution in [-0.4, -0.2) is 19.7 Å². The Morgan fingerprint density at radius 3 is 2.83 bits per heavy atom. The average molecular weight is 258 g/mol. The molecular formula is C12H8ClN5. The van der Waals surface area contributed by atoms with Crippen LogP contribution in [0.1, 0.15) is 11.3 Å². The van der Waals surface area contributed by atoms with E-state index in [9.17, 15) is 0 Å². The Morgan fingerprint density at radius 2 is 2.17 bits per heavy atom. The third-order valence-corrected chi connectivity index (χ3v) is 3.04. The molecule has 2 aromatic heterocycles. The monoisotopic (exact) mass is 257 g/mol. The molecule has 0 fully saturated rings. The van der Waals surface area contributed by atoms with Gasteiger partial charge in [-0.2, -0.15) is 15.0 Å². The molecule has 0 spiro atoms. The normalized spacial score (nSPS) is 10.7. The van der Waals surface area contributed by atoms with E-state index in [0.717, 1.165) is 11.0 Å². The predicted octanol–water partition coefficient (Wildman–Crippen LogP) is 2.58. The molecule has 88 valence electrons. The summed E-state index contributed by atoms with van der Waals surface area (Å²) in [5, 5.41) is 13.5. The lowest BCUT2D eigenvalue weighted by Crippen LogP contribution is -1.98. The molecule has 3 aromatic rings. The van der Waals surface area contributed by atoms with Crippen molar-refractivity contribution in [2.75, 3.05) is 0 Å². The molecular weight excluding hydrogens is 250 g/mol. The number of aryl methyl sites for hydroxylation is 1. The first kappa shape index (κ1) is 10.8. The lowest BCUT2D eigenvalue weighted by atomic mass is 10.3. The van der Waals surface area contributed by atoms with Gasteiger partial charge in [-0.3, -0.25) is 0 Å². The van der Waals surface area contributed by atoms with Gasteiger partial charge in [0.05, 0.1) is 16.7 Å². The van der Waals surface area contributed by atoms with E-state index in [1.165, 1.54) is 4.68 Å². The number of nitrogens with zero attached hydrogens (tertiary/aromatic N) is 4. The van der Waals surface area contributed by atoms with Gasteiger partial charge in [-0.25, -0.2) is 4.98 Å². The van der Waals surface area contributed by atoms with Gasteiger partial charge >= 0.3 is 0 Å². The molecule has 0 atom stereocenters. The van der Waals surface area contributed by atoms with Crippen LogP contribution in [0, 0.1) is 18.3 Å². The summed E-state index contributed by atoms with van der Waals surface area (Å²) in [6, 6.07) is 9.67. The largest absolute Gasteiger partial charge is 0.322 e. The molecule has 0 amide bonds. The number of aromatic nitrogens is 4. The highest BCUT2D eigenvalue weighted by molar-refractivity contribution is 6.31. The molecule has 0 unspecified atom stereocenters. The van der Waals surface area contributed by atoms with Crippen molar-refractivity contribution in [1.82, 2.24) is 19.7 Å². The number of imidazole rings is 1. The summed E-state index contributed by atoms with van der Waals surface area (Å²) in [4.78, 5) is 7.50. The number of hydrogen-bond donors (Lipinski definition) is 1. The smallest absolute Gasteiger partial charge is 0.230 e. The van der Waals surface area contributed by atoms with Crippen molar-refractivity contribution in [3.8, 4) is 12.0 Å². The van der Waals surface area contributed by atoms with E-state index in [4.69, 9.17) is 16.9 Å². The SMILES string of the molecule is Cc1nn(-c2nc3ccccc3[nH]2)c(Cl)c1C#N. The maximum atomic E-state index is 8.98. The lowest BCUT2D eigenvalue weighted by molar-refractivity contribution is 0.816. The van der Waals surface area contributed by atoms with Crippen molar-refractivity contribution >= 4 is 22.6 Å². The minimum atomic E-state index is 0.272. The number of fused-ring (bicyclic) bond motifs is 1. The van der Waals surface area contributed by atoms with E-state index >= 15 is 0 Å². The van der Waals surface area contributed by atoms with Crippen molar-refractivity contribution in [1.29, 1.82) is 5.26 Å². The molecule has 0 saturated carbocycles. The number of rotatable bonds is 1. The van der Waals surface area contributed by atoms with Crippen LogP contribution >= 0.6 is 11.6 Å². The van der Waals surface area contributed by atoms with Crippen molar-refractivity contribution in [3.05, 3.63) is 40.7 Å². The summed E-state index contributed by atoms with van der Waals surface area (Å²) < 4.78 is 1.44. The molecule has 2 heterocycles. The Labute approximate surface area is 108 Å². The zero-order valence-electron chi connectivity index (χ0n) is 9.48. The standard InChI is InChI=1S/C12H8ClN5/c1-7-8(6-14)11(13)18(17-7)12-15-9-4-2-3-5-10(9)16-12/h2-5H,1H3,(H,15,16). The van der Waals surface area contributed by atoms with Gasteiger partial charge in [0.1, 0.15) is 11.6 Å². The molecule has 1 aromatic carbocycles. The van der Waals surface area contributed by atoms with Gasteiger partial charge in [-0.05, 0) is 19.1 Å². The van der Waals surface area contributed by atoms with Crippen LogP contribution in [0.2, 0.25) is 5.15 Å². The molecule has 18 heavy (non-hydrogen) atoms. The fourth-order valence-corrected chi connectivity index (χ4v) is 2.10. The minimum absolute atomic E-state index is 0.272. The van der Waals surface area contributed by atoms with Gasteiger partial charge in [0.25, 0.3) is 0 Å². The second kappa shape index (κ2) is 3.86. The maximum Gasteiger partial charge on any atom is 0.230 e. The predicted molar refractivity (Wildman–Crippen MR) is 67.7 cm³/mol. The average Bonchev–Trinajstić information content (AvgIpc) is 2.90. The molecule has 0 radical (unpaired) electrons. The second-order valence-electron chi connectivity index (χ2n) is 3.85. The highest BCUT2D eigenvalue weighted by Gasteiger charge is 2.16. The Bertz CT molecular complexity index is 744. The van der Waals surface area contributed by atoms with E-state index in [1.54, 1.807) is 6.92 Å². The Morgan fingerprint density at radius 1 is 1.39 bits per heavy atom. The first-order valence-electron chi connectivity index (χ1n) is 5.31. The van der Waals surface area contributed by atoms with Crippen LogP contribution in [0.4, 0.5) is 0 Å². The van der Waals surface area contributed by atoms with Gasteiger partial charge in [0, 0.05) is 0 Å². The Hall–Kier alpha value is -2.32. The highest BCUT2D eigenvalue weighted by Crippen LogP contribution is 2.22. The van der Waals surface area contributed by atoms with Crippen molar-refractivity contribution in [2.24, 2.45) is 0 Å². The number of nitriles is 1. The topological polar surface area (TPSA) is 70.3 Å². The molecule has 5 nitrogen and oxygen atoms in total. The quantitative estimate of drug-likeness (QED) is 0.728. The summed E-state index contributed by atoms with van der Waals surface area (Å²) in [7, 11) is 0. The number of nitrogens with one attached hydrogen (secondary N) is 1. The first-order chi connectivity index (χ1) is 8.70. The van der Waals surface area contributed by atoms with Gasteiger partial charge in [-0.1, -0.05) is 23.7 Å². The van der Waals surface area contributed by atoms with Gasteiger partial charge < -0.3 is 4.98 Å². The third kappa shape index (κ3) is 1.47. The second-order valence-corrected chi connectivity index (χ2v) is 4.21. The van der Waals surface area contributed by atoms with Crippen molar-refractivity contribution in [2.45, 2.75) is 6.92 Å². The van der Waals surface area contributed by atoms with Gasteiger partial charge in [0.15, 0.2) is 5.15 Å². The van der Waals surface area contributed by atoms with Crippen LogP contribution in [-0.2, 0) is 0 Å². The number of benzene rings is 1. The lowest BCUT2D eigenvalue weighted by Gasteiger charge is -1.95. The van der Waals surface area contributed by atoms with Crippen molar-refractivity contribution < 1.29 is 0 Å². The highest BCUT2D eigenvalue weighted by atomic mass is 35.5. The van der Waals surface area contributed by atoms with E-state index in [2.05, 4.69) is 15.1 Å². The van der Waals surface area contributed by atoms with Crippen LogP contribution in [0.25, 0.3) is 17.0 Å². The third-order valence-electron chi connectivity index (χ3n) is 2.69. The fraction of sp³-hybridized carbons (Fsp3) is 0.0833. The minimum Gasteiger partial charge on any atom is -0.322 e. The molecule has 0 bridgehead atoms. The van der Waals surface area contributed by atoms with Crippen LogP contribution in [0.3, 0.4) is 0 Å². The Balaban J connectivity index is 2.24. The number of hydrogen-bond acceptors (Lipinski definition) is 3. The number of halogens is 1. The molecule has 0 aliphatic carbocycles. The Kier molecular flexibility index (Phi) is 2.32. The molecule has 0 aliphatic heterocycles. The van der Waals surface area contributed by atoms with Crippen LogP contribution in [0.5, 0.6) is 0 Å². The molecule has 0 aliphatic rings. The van der Waals surface area contributed by atoms with Gasteiger partial charge in [0.2, 0.25) is 5.95 Å². The zero-order chi connectivity index (χ0) is 12.7. The van der Waals surface area contributed by atoms with Crippen molar-refractivity contribution in [3.63, 3.8) is 0 Å². The van der Waals surface area contributed by atoms with Crippen LogP contribution in [0.15, 0.2) is 24.3 Å². The van der Waals surface area contributed by atoms with E-state index in [-0.39, 0.29) is 5.15 Å². The summed E-state index contributed by atoms with van der Waals surface area (Å²) >= 11 is 6.11. The summed E-state index contributed by atoms with van der Waals surface area (Å²) in [6.07, 6.45) is 0. The zero-order valence-corrected chi connectivity index (χ0v) is 10.2. The van der Waals surface area contributed by atoms with Gasteiger partial charge in [-0.15, -0.1) is 0 Å². The first-order valence-corrected chi connectivity index (χ1v) is 5.69. The maximum absolute atomic E-state index is 8.98. The molecule has 0 saturated heterocycles. The number of para-hydroxylation sites is 2. The molecule has 6 heteroatoms. The fourth-order valence-electron chi connectivity index (χ4n) is 1.81. The summed E-state index contributed by atoms with van der Waals surface area (Å²) in [6.45, 7) is 1.74. The van der Waals surface area contributed by atoms with E-state index < -0.39 is 0 Å².